The number of hydrogen-bond donors (Lipinski definition) is 2. The Morgan fingerprint density at radius 2 is 1.91 bits per heavy atom. The molecule has 1 aromatic carbocycles. The number of anilines is 1. The smallest absolute Gasteiger partial charge is 0.416 e. The van der Waals surface area contributed by atoms with Gasteiger partial charge in [0.1, 0.15) is 11.8 Å². The van der Waals surface area contributed by atoms with E-state index in [2.05, 4.69) is 11.2 Å². The van der Waals surface area contributed by atoms with Gasteiger partial charge in [0.15, 0.2) is 5.57 Å². The average Bonchev–Trinajstić information content (AvgIpc) is 2.45. The summed E-state index contributed by atoms with van der Waals surface area (Å²) < 4.78 is 37.2. The van der Waals surface area contributed by atoms with E-state index in [0.717, 1.165) is 24.3 Å². The molecule has 0 aromatic heterocycles. The number of nitrogens with zero attached hydrogens (tertiary/aromatic N) is 1. The molecule has 7 heteroatoms. The molecule has 1 rings (SSSR count). The van der Waals surface area contributed by atoms with E-state index in [0.29, 0.717) is 0 Å². The third-order valence-corrected chi connectivity index (χ3v) is 2.60. The van der Waals surface area contributed by atoms with Crippen molar-refractivity contribution in [3.05, 3.63) is 41.2 Å². The summed E-state index contributed by atoms with van der Waals surface area (Å²) in [5.74, 6) is 0.857. The predicted octanol–water partition coefficient (Wildman–Crippen LogP) is 3.39. The minimum Gasteiger partial charge on any atom is -0.511 e. The molecule has 1 amide bonds. The van der Waals surface area contributed by atoms with E-state index in [4.69, 9.17) is 11.7 Å². The van der Waals surface area contributed by atoms with Crippen LogP contribution >= 0.6 is 0 Å². The molecule has 0 bridgehead atoms. The quantitative estimate of drug-likeness (QED) is 0.387. The number of aliphatic hydroxyl groups is 1. The van der Waals surface area contributed by atoms with Crippen LogP contribution in [0.15, 0.2) is 35.6 Å². The zero-order chi connectivity index (χ0) is 16.8. The Morgan fingerprint density at radius 1 is 1.32 bits per heavy atom. The van der Waals surface area contributed by atoms with Gasteiger partial charge in [0.25, 0.3) is 5.91 Å². The lowest BCUT2D eigenvalue weighted by Crippen LogP contribution is -2.15. The van der Waals surface area contributed by atoms with E-state index >= 15 is 0 Å². The van der Waals surface area contributed by atoms with Crippen molar-refractivity contribution in [1.29, 1.82) is 5.26 Å². The summed E-state index contributed by atoms with van der Waals surface area (Å²) in [5, 5.41) is 20.7. The molecule has 0 atom stereocenters. The van der Waals surface area contributed by atoms with Gasteiger partial charge in [0.05, 0.1) is 5.56 Å². The number of alkyl halides is 3. The molecule has 0 heterocycles. The van der Waals surface area contributed by atoms with Crippen molar-refractivity contribution in [2.75, 3.05) is 5.32 Å². The summed E-state index contributed by atoms with van der Waals surface area (Å²) in [6.45, 7) is 0. The maximum Gasteiger partial charge on any atom is 0.416 e. The lowest BCUT2D eigenvalue weighted by Gasteiger charge is -2.09. The monoisotopic (exact) mass is 314 g/mol. The average molecular weight is 314 g/mol. The van der Waals surface area contributed by atoms with E-state index < -0.39 is 29.0 Å². The van der Waals surface area contributed by atoms with Crippen molar-refractivity contribution in [1.82, 2.24) is 0 Å². The number of benzene rings is 1. The molecule has 4 nitrogen and oxygen atoms in total. The zero-order valence-corrected chi connectivity index (χ0v) is 11.2. The number of rotatable bonds is 4. The fourth-order valence-electron chi connectivity index (χ4n) is 1.50. The normalized spacial score (nSPS) is 11.9. The predicted molar refractivity (Wildman–Crippen MR) is 73.4 cm³/mol. The molecular formula is C15H11F3N2O2. The van der Waals surface area contributed by atoms with E-state index in [-0.39, 0.29) is 18.5 Å². The molecule has 22 heavy (non-hydrogen) atoms. The summed E-state index contributed by atoms with van der Waals surface area (Å²) >= 11 is 0. The summed E-state index contributed by atoms with van der Waals surface area (Å²) in [7, 11) is 0. The molecule has 0 fully saturated rings. The molecular weight excluding hydrogens is 303 g/mol. The van der Waals surface area contributed by atoms with Gasteiger partial charge in [-0.05, 0) is 24.3 Å². The van der Waals surface area contributed by atoms with Gasteiger partial charge in [-0.25, -0.2) is 0 Å². The number of allylic oxidation sites excluding steroid dienone is 1. The summed E-state index contributed by atoms with van der Waals surface area (Å²) in [5.41, 5.74) is -1.33. The van der Waals surface area contributed by atoms with E-state index in [1.807, 2.05) is 0 Å². The molecule has 0 spiro atoms. The van der Waals surface area contributed by atoms with Gasteiger partial charge in [0.2, 0.25) is 0 Å². The van der Waals surface area contributed by atoms with Crippen LogP contribution in [0.5, 0.6) is 0 Å². The number of carbonyl (C=O) groups is 1. The van der Waals surface area contributed by atoms with Crippen LogP contribution in [-0.2, 0) is 11.0 Å². The van der Waals surface area contributed by atoms with E-state index in [1.165, 1.54) is 6.07 Å². The highest BCUT2D eigenvalue weighted by Gasteiger charge is 2.30. The number of halogens is 3. The first-order valence-corrected chi connectivity index (χ1v) is 6.04. The minimum atomic E-state index is -4.48. The lowest BCUT2D eigenvalue weighted by molar-refractivity contribution is -0.137. The Balaban J connectivity index is 2.88. The second-order valence-electron chi connectivity index (χ2n) is 4.17. The van der Waals surface area contributed by atoms with Crippen LogP contribution in [0, 0.1) is 23.7 Å². The Hall–Kier alpha value is -2.93. The Bertz CT molecular complexity index is 662. The fourth-order valence-corrected chi connectivity index (χ4v) is 1.50. The SMILES string of the molecule is C#CCC/C(O)=C(\C#N)C(=O)N[13c]1[13cH][13cH][13c](C(F)(F)F)[13cH][13cH]1. The highest BCUT2D eigenvalue weighted by Crippen LogP contribution is 2.29. The maximum absolute atomic E-state index is 12.4. The minimum absolute atomic E-state index is 0.0418. The molecule has 0 aliphatic rings. The third-order valence-electron chi connectivity index (χ3n) is 2.60. The molecule has 1 aromatic rings. The highest BCUT2D eigenvalue weighted by atomic mass is 19.4. The Kier molecular flexibility index (Phi) is 5.59. The zero-order valence-electron chi connectivity index (χ0n) is 11.2. The number of hydrogen-bond acceptors (Lipinski definition) is 3. The largest absolute Gasteiger partial charge is 0.511 e. The van der Waals surface area contributed by atoms with Crippen LogP contribution in [0.25, 0.3) is 0 Å². The molecule has 0 unspecified atom stereocenters. The molecule has 2 N–H and O–H groups in total. The van der Waals surface area contributed by atoms with Crippen LogP contribution in [0.2, 0.25) is 0 Å². The number of carbonyl (C=O) groups excluding carboxylic acids is 1. The highest BCUT2D eigenvalue weighted by molar-refractivity contribution is 6.06. The molecule has 114 valence electrons. The van der Waals surface area contributed by atoms with Crippen LogP contribution < -0.4 is 5.32 Å². The Morgan fingerprint density at radius 3 is 2.36 bits per heavy atom. The number of amides is 1. The van der Waals surface area contributed by atoms with Crippen LogP contribution in [-0.4, -0.2) is 11.0 Å². The summed E-state index contributed by atoms with van der Waals surface area (Å²) in [6, 6.07) is 5.23. The fraction of sp³-hybridized carbons (Fsp3) is 0.200. The number of aliphatic hydroxyl groups excluding tert-OH is 1. The van der Waals surface area contributed by atoms with Gasteiger partial charge in [-0.1, -0.05) is 0 Å². The van der Waals surface area contributed by atoms with Crippen molar-refractivity contribution in [2.45, 2.75) is 19.0 Å². The lowest BCUT2D eigenvalue weighted by atomic mass is 10.1. The molecule has 0 radical (unpaired) electrons. The third kappa shape index (κ3) is 4.57. The first-order valence-electron chi connectivity index (χ1n) is 6.04. The maximum atomic E-state index is 12.4. The second-order valence-corrected chi connectivity index (χ2v) is 4.17. The number of terminal acetylenes is 1. The van der Waals surface area contributed by atoms with Crippen molar-refractivity contribution >= 4 is 11.6 Å². The van der Waals surface area contributed by atoms with Gasteiger partial charge in [-0.2, -0.15) is 18.4 Å². The van der Waals surface area contributed by atoms with Crippen LogP contribution in [0.4, 0.5) is 18.9 Å². The van der Waals surface area contributed by atoms with Crippen molar-refractivity contribution in [3.8, 4) is 18.4 Å². The van der Waals surface area contributed by atoms with Gasteiger partial charge in [0, 0.05) is 18.5 Å². The first-order chi connectivity index (χ1) is 10.3. The van der Waals surface area contributed by atoms with Gasteiger partial charge in [-0.15, -0.1) is 12.3 Å². The van der Waals surface area contributed by atoms with Gasteiger partial charge >= 0.3 is 6.18 Å². The van der Waals surface area contributed by atoms with E-state index in [9.17, 15) is 23.1 Å². The van der Waals surface area contributed by atoms with Gasteiger partial charge in [-0.3, -0.25) is 4.79 Å². The van der Waals surface area contributed by atoms with Crippen LogP contribution in [0.1, 0.15) is 18.4 Å². The second kappa shape index (κ2) is 7.19. The standard InChI is InChI=1S/C15H11F3N2O2/c1-2-3-4-13(21)12(9-19)14(22)20-11-7-5-10(6-8-11)15(16,17)18/h1,5-8,21H,3-4H2,(H,20,22)/b13-12-/i5+1,6+1,7+1,8+1,10+1,11+1. The molecule has 0 aliphatic heterocycles. The number of nitrogens with one attached hydrogen (secondary N) is 1. The van der Waals surface area contributed by atoms with Gasteiger partial charge < -0.3 is 10.4 Å². The summed E-state index contributed by atoms with van der Waals surface area (Å²) in [4.78, 5) is 11.8. The topological polar surface area (TPSA) is 73.1 Å². The van der Waals surface area contributed by atoms with Crippen molar-refractivity contribution in [2.24, 2.45) is 0 Å². The summed E-state index contributed by atoms with van der Waals surface area (Å²) in [6.07, 6.45) is 0.631. The number of nitriles is 1. The molecule has 0 aliphatic carbocycles. The van der Waals surface area contributed by atoms with E-state index in [1.54, 1.807) is 0 Å². The van der Waals surface area contributed by atoms with Crippen molar-refractivity contribution in [3.63, 3.8) is 0 Å². The Labute approximate surface area is 124 Å². The molecule has 0 saturated carbocycles. The van der Waals surface area contributed by atoms with Crippen molar-refractivity contribution < 1.29 is 23.1 Å². The first kappa shape index (κ1) is 17.1. The molecule has 0 saturated heterocycles. The van der Waals surface area contributed by atoms with Crippen LogP contribution in [0.3, 0.4) is 0 Å².